The highest BCUT2D eigenvalue weighted by Crippen LogP contribution is 2.38. The monoisotopic (exact) mass is 502 g/mol. The van der Waals surface area contributed by atoms with Crippen LogP contribution in [-0.2, 0) is 24.5 Å². The number of hydrogen-bond donors (Lipinski definition) is 1. The molecule has 188 valence electrons. The summed E-state index contributed by atoms with van der Waals surface area (Å²) < 4.78 is 45.3. The number of amides is 1. The maximum Gasteiger partial charge on any atom is 0.422 e. The largest absolute Gasteiger partial charge is 0.543 e. The standard InChI is InChI=1S/C22H38N2O7SSi/c1-11-29-19(25)15-24(32(27,28)23-20(26)30-21(3,4)5)18-14-17(13-12-16(18)2)31-33(9,10)22(6,7)8/h12-14H,11,15H2,1-10H3,(H,23,26). The van der Waals surface area contributed by atoms with Crippen LogP contribution in [0.4, 0.5) is 10.5 Å². The van der Waals surface area contributed by atoms with Crippen LogP contribution in [0, 0.1) is 6.92 Å². The van der Waals surface area contributed by atoms with Crippen molar-refractivity contribution in [3.63, 3.8) is 0 Å². The number of carbonyl (C=O) groups excluding carboxylic acids is 2. The van der Waals surface area contributed by atoms with Crippen molar-refractivity contribution in [1.82, 2.24) is 4.72 Å². The topological polar surface area (TPSA) is 111 Å². The van der Waals surface area contributed by atoms with Gasteiger partial charge in [0.05, 0.1) is 12.3 Å². The molecule has 9 nitrogen and oxygen atoms in total. The van der Waals surface area contributed by atoms with Crippen LogP contribution in [-0.4, -0.2) is 47.6 Å². The van der Waals surface area contributed by atoms with Gasteiger partial charge < -0.3 is 13.9 Å². The van der Waals surface area contributed by atoms with E-state index in [2.05, 4.69) is 33.9 Å². The molecule has 1 N–H and O–H groups in total. The van der Waals surface area contributed by atoms with Gasteiger partial charge in [-0.2, -0.15) is 8.42 Å². The quantitative estimate of drug-likeness (QED) is 0.411. The van der Waals surface area contributed by atoms with Crippen LogP contribution in [0.2, 0.25) is 18.1 Å². The molecule has 1 rings (SSSR count). The molecule has 1 aromatic carbocycles. The lowest BCUT2D eigenvalue weighted by Crippen LogP contribution is -2.48. The van der Waals surface area contributed by atoms with E-state index in [4.69, 9.17) is 13.9 Å². The number of ether oxygens (including phenoxy) is 2. The van der Waals surface area contributed by atoms with Gasteiger partial charge in [-0.05, 0) is 64.4 Å². The molecule has 0 radical (unpaired) electrons. The van der Waals surface area contributed by atoms with E-state index < -0.39 is 42.7 Å². The summed E-state index contributed by atoms with van der Waals surface area (Å²) in [5, 5.41) is -0.0764. The predicted octanol–water partition coefficient (Wildman–Crippen LogP) is 4.52. The Bertz CT molecular complexity index is 964. The summed E-state index contributed by atoms with van der Waals surface area (Å²) in [5.41, 5.74) is -0.148. The fourth-order valence-corrected chi connectivity index (χ4v) is 4.57. The van der Waals surface area contributed by atoms with E-state index >= 15 is 0 Å². The highest BCUT2D eigenvalue weighted by atomic mass is 32.2. The molecule has 0 saturated heterocycles. The molecule has 11 heteroatoms. The Balaban J connectivity index is 3.45. The summed E-state index contributed by atoms with van der Waals surface area (Å²) in [6, 6.07) is 5.03. The van der Waals surface area contributed by atoms with Gasteiger partial charge >= 0.3 is 22.3 Å². The molecule has 0 unspecified atom stereocenters. The SMILES string of the molecule is CCOC(=O)CN(c1cc(O[Si](C)(C)C(C)(C)C)ccc1C)S(=O)(=O)NC(=O)OC(C)(C)C. The molecule has 0 atom stereocenters. The van der Waals surface area contributed by atoms with Crippen molar-refractivity contribution in [3.05, 3.63) is 23.8 Å². The number of aryl methyl sites for hydroxylation is 1. The van der Waals surface area contributed by atoms with E-state index in [1.165, 1.54) is 0 Å². The van der Waals surface area contributed by atoms with Gasteiger partial charge in [0, 0.05) is 6.07 Å². The fraction of sp³-hybridized carbons (Fsp3) is 0.636. The second-order valence-electron chi connectivity index (χ2n) is 10.2. The van der Waals surface area contributed by atoms with Gasteiger partial charge in [0.2, 0.25) is 8.32 Å². The lowest BCUT2D eigenvalue weighted by atomic mass is 10.2. The highest BCUT2D eigenvalue weighted by Gasteiger charge is 2.39. The van der Waals surface area contributed by atoms with E-state index in [9.17, 15) is 18.0 Å². The minimum atomic E-state index is -4.51. The number of esters is 1. The molecule has 0 heterocycles. The van der Waals surface area contributed by atoms with Crippen molar-refractivity contribution in [3.8, 4) is 5.75 Å². The third-order valence-corrected chi connectivity index (χ3v) is 10.8. The van der Waals surface area contributed by atoms with Crippen LogP contribution in [0.5, 0.6) is 5.75 Å². The third kappa shape index (κ3) is 8.54. The molecule has 0 aliphatic carbocycles. The Morgan fingerprint density at radius 1 is 1.09 bits per heavy atom. The van der Waals surface area contributed by atoms with Gasteiger partial charge in [-0.15, -0.1) is 0 Å². The van der Waals surface area contributed by atoms with Crippen LogP contribution < -0.4 is 13.5 Å². The minimum absolute atomic E-state index is 0.0764. The average Bonchev–Trinajstić information content (AvgIpc) is 2.58. The molecule has 0 bridgehead atoms. The zero-order chi connectivity index (χ0) is 25.8. The Hall–Kier alpha value is -2.27. The van der Waals surface area contributed by atoms with Crippen molar-refractivity contribution in [2.45, 2.75) is 79.1 Å². The minimum Gasteiger partial charge on any atom is -0.543 e. The number of benzene rings is 1. The molecule has 33 heavy (non-hydrogen) atoms. The number of nitrogens with one attached hydrogen (secondary N) is 1. The second-order valence-corrected chi connectivity index (χ2v) is 16.6. The van der Waals surface area contributed by atoms with Gasteiger partial charge in [0.1, 0.15) is 17.9 Å². The summed E-state index contributed by atoms with van der Waals surface area (Å²) >= 11 is 0. The smallest absolute Gasteiger partial charge is 0.422 e. The van der Waals surface area contributed by atoms with E-state index in [0.717, 1.165) is 4.31 Å². The summed E-state index contributed by atoms with van der Waals surface area (Å²) in [7, 11) is -6.72. The van der Waals surface area contributed by atoms with E-state index in [0.29, 0.717) is 11.3 Å². The molecule has 0 aliphatic heterocycles. The first-order valence-corrected chi connectivity index (χ1v) is 15.1. The fourth-order valence-electron chi connectivity index (χ4n) is 2.45. The van der Waals surface area contributed by atoms with Crippen molar-refractivity contribution in [1.29, 1.82) is 0 Å². The molecular weight excluding hydrogens is 464 g/mol. The first-order chi connectivity index (χ1) is 14.8. The average molecular weight is 503 g/mol. The second kappa shape index (κ2) is 10.3. The molecule has 0 spiro atoms. The third-order valence-electron chi connectivity index (χ3n) is 5.11. The Kier molecular flexibility index (Phi) is 9.00. The Morgan fingerprint density at radius 3 is 2.15 bits per heavy atom. The van der Waals surface area contributed by atoms with Crippen molar-refractivity contribution < 1.29 is 31.9 Å². The maximum atomic E-state index is 13.1. The van der Waals surface area contributed by atoms with Crippen LogP contribution in [0.3, 0.4) is 0 Å². The number of carbonyl (C=O) groups is 2. The van der Waals surface area contributed by atoms with E-state index in [1.807, 2.05) is 4.72 Å². The van der Waals surface area contributed by atoms with Crippen LogP contribution >= 0.6 is 0 Å². The van der Waals surface area contributed by atoms with Crippen LogP contribution in [0.15, 0.2) is 18.2 Å². The molecular formula is C22H38N2O7SSi. The van der Waals surface area contributed by atoms with Crippen molar-refractivity contribution >= 4 is 36.3 Å². The maximum absolute atomic E-state index is 13.1. The zero-order valence-electron chi connectivity index (χ0n) is 21.4. The van der Waals surface area contributed by atoms with Crippen molar-refractivity contribution in [2.24, 2.45) is 0 Å². The van der Waals surface area contributed by atoms with E-state index in [-0.39, 0.29) is 17.3 Å². The van der Waals surface area contributed by atoms with Gasteiger partial charge in [-0.1, -0.05) is 26.8 Å². The number of nitrogens with zero attached hydrogens (tertiary/aromatic N) is 1. The Morgan fingerprint density at radius 2 is 1.67 bits per heavy atom. The molecule has 1 amide bonds. The van der Waals surface area contributed by atoms with Crippen LogP contribution in [0.1, 0.15) is 54.0 Å². The first kappa shape index (κ1) is 28.8. The molecule has 0 aliphatic rings. The molecule has 0 fully saturated rings. The predicted molar refractivity (Wildman–Crippen MR) is 131 cm³/mol. The van der Waals surface area contributed by atoms with Gasteiger partial charge in [0.15, 0.2) is 0 Å². The Labute approximate surface area is 199 Å². The molecule has 0 aromatic heterocycles. The van der Waals surface area contributed by atoms with E-state index in [1.54, 1.807) is 52.8 Å². The normalized spacial score (nSPS) is 12.7. The molecule has 1 aromatic rings. The lowest BCUT2D eigenvalue weighted by Gasteiger charge is -2.36. The number of rotatable bonds is 8. The van der Waals surface area contributed by atoms with Crippen molar-refractivity contribution in [2.75, 3.05) is 17.5 Å². The number of hydrogen-bond acceptors (Lipinski definition) is 7. The summed E-state index contributed by atoms with van der Waals surface area (Å²) in [6.07, 6.45) is -1.15. The van der Waals surface area contributed by atoms with Crippen LogP contribution in [0.25, 0.3) is 0 Å². The summed E-state index contributed by atoms with van der Waals surface area (Å²) in [4.78, 5) is 24.4. The lowest BCUT2D eigenvalue weighted by molar-refractivity contribution is -0.141. The highest BCUT2D eigenvalue weighted by molar-refractivity contribution is 7.91. The van der Waals surface area contributed by atoms with Gasteiger partial charge in [-0.25, -0.2) is 13.8 Å². The van der Waals surface area contributed by atoms with Gasteiger partial charge in [-0.3, -0.25) is 4.79 Å². The molecule has 0 saturated carbocycles. The first-order valence-electron chi connectivity index (χ1n) is 10.8. The number of anilines is 1. The summed E-state index contributed by atoms with van der Waals surface area (Å²) in [5.74, 6) is -0.286. The summed E-state index contributed by atoms with van der Waals surface area (Å²) in [6.45, 7) is 18.0. The zero-order valence-corrected chi connectivity index (χ0v) is 23.2. The van der Waals surface area contributed by atoms with Gasteiger partial charge in [0.25, 0.3) is 0 Å².